The van der Waals surface area contributed by atoms with Gasteiger partial charge in [0, 0.05) is 23.6 Å². The van der Waals surface area contributed by atoms with Crippen molar-refractivity contribution < 1.29 is 23.6 Å². The predicted octanol–water partition coefficient (Wildman–Crippen LogP) is 2.62. The number of ether oxygens (including phenoxy) is 2. The van der Waals surface area contributed by atoms with E-state index < -0.39 is 0 Å². The van der Waals surface area contributed by atoms with Gasteiger partial charge in [0.25, 0.3) is 0 Å². The Labute approximate surface area is 183 Å². The van der Waals surface area contributed by atoms with Gasteiger partial charge in [-0.2, -0.15) is 0 Å². The number of benzene rings is 2. The lowest BCUT2D eigenvalue weighted by molar-refractivity contribution is -0.948. The highest BCUT2D eigenvalue weighted by Gasteiger charge is 2.37. The molecule has 1 unspecified atom stereocenters. The lowest BCUT2D eigenvalue weighted by Crippen LogP contribution is -3.13. The Morgan fingerprint density at radius 1 is 1.13 bits per heavy atom. The zero-order valence-corrected chi connectivity index (χ0v) is 18.9. The number of rotatable bonds is 7. The second-order valence-electron chi connectivity index (χ2n) is 8.41. The first-order chi connectivity index (χ1) is 14.8. The van der Waals surface area contributed by atoms with Crippen molar-refractivity contribution in [2.24, 2.45) is 0 Å². The molecule has 0 spiro atoms. The van der Waals surface area contributed by atoms with Gasteiger partial charge in [0.2, 0.25) is 0 Å². The zero-order chi connectivity index (χ0) is 22.5. The van der Waals surface area contributed by atoms with Crippen LogP contribution in [0.4, 0.5) is 9.18 Å². The van der Waals surface area contributed by atoms with Crippen LogP contribution in [0.5, 0.6) is 11.5 Å². The maximum Gasteiger partial charge on any atom is 0.315 e. The Kier molecular flexibility index (Phi) is 7.38. The maximum absolute atomic E-state index is 13.8. The standard InChI is InChI=1S/C24H32FN3O3/c1-15(2)26-24(29)27-16(3)23-20-13-22(31-5)21(30-4)12-18(20)9-10-28(23)14-17-7-6-8-19(25)11-17/h6-8,11-13,15-16,23H,9-10,14H2,1-5H3,(H2,26,27,29)/p+1/t16-,23-/m1/s1. The zero-order valence-electron chi connectivity index (χ0n) is 18.9. The van der Waals surface area contributed by atoms with Gasteiger partial charge >= 0.3 is 6.03 Å². The molecule has 2 amide bonds. The molecule has 1 aliphatic heterocycles. The molecule has 7 heteroatoms. The van der Waals surface area contributed by atoms with Crippen LogP contribution in [-0.4, -0.2) is 38.9 Å². The minimum Gasteiger partial charge on any atom is -0.493 e. The number of nitrogens with one attached hydrogen (secondary N) is 3. The van der Waals surface area contributed by atoms with Crippen LogP contribution >= 0.6 is 0 Å². The topological polar surface area (TPSA) is 64.0 Å². The molecular weight excluding hydrogens is 397 g/mol. The smallest absolute Gasteiger partial charge is 0.315 e. The summed E-state index contributed by atoms with van der Waals surface area (Å²) in [5, 5.41) is 5.99. The van der Waals surface area contributed by atoms with Crippen molar-refractivity contribution in [3.63, 3.8) is 0 Å². The van der Waals surface area contributed by atoms with Gasteiger partial charge in [0.05, 0.1) is 26.8 Å². The third kappa shape index (κ3) is 5.47. The first-order valence-electron chi connectivity index (χ1n) is 10.7. The van der Waals surface area contributed by atoms with Crippen LogP contribution in [0.1, 0.15) is 43.5 Å². The van der Waals surface area contributed by atoms with Crippen molar-refractivity contribution in [3.05, 3.63) is 58.9 Å². The maximum atomic E-state index is 13.8. The van der Waals surface area contributed by atoms with Crippen LogP contribution in [-0.2, 0) is 13.0 Å². The van der Waals surface area contributed by atoms with Crippen molar-refractivity contribution >= 4 is 6.03 Å². The number of quaternary nitrogens is 1. The number of fused-ring (bicyclic) bond motifs is 1. The van der Waals surface area contributed by atoms with E-state index in [4.69, 9.17) is 9.47 Å². The van der Waals surface area contributed by atoms with Gasteiger partial charge in [-0.15, -0.1) is 0 Å². The monoisotopic (exact) mass is 430 g/mol. The molecule has 2 aromatic carbocycles. The second kappa shape index (κ2) is 10.0. The van der Waals surface area contributed by atoms with Crippen LogP contribution in [0.15, 0.2) is 36.4 Å². The number of carbonyl (C=O) groups is 1. The number of methoxy groups -OCH3 is 2. The summed E-state index contributed by atoms with van der Waals surface area (Å²) in [5.41, 5.74) is 3.24. The number of amides is 2. The molecule has 6 nitrogen and oxygen atoms in total. The second-order valence-corrected chi connectivity index (χ2v) is 8.41. The predicted molar refractivity (Wildman–Crippen MR) is 118 cm³/mol. The van der Waals surface area contributed by atoms with Crippen LogP contribution < -0.4 is 25.0 Å². The summed E-state index contributed by atoms with van der Waals surface area (Å²) >= 11 is 0. The molecule has 1 aliphatic rings. The molecule has 0 bridgehead atoms. The van der Waals surface area contributed by atoms with Gasteiger partial charge in [0.1, 0.15) is 18.4 Å². The van der Waals surface area contributed by atoms with Crippen LogP contribution in [0.3, 0.4) is 0 Å². The number of hydrogen-bond acceptors (Lipinski definition) is 3. The van der Waals surface area contributed by atoms with Crippen LogP contribution in [0, 0.1) is 5.82 Å². The minimum atomic E-state index is -0.236. The molecule has 3 rings (SSSR count). The summed E-state index contributed by atoms with van der Waals surface area (Å²) in [6.07, 6.45) is 0.863. The number of urea groups is 1. The molecule has 0 aliphatic carbocycles. The largest absolute Gasteiger partial charge is 0.493 e. The number of halogens is 1. The van der Waals surface area contributed by atoms with Crippen molar-refractivity contribution in [3.8, 4) is 11.5 Å². The van der Waals surface area contributed by atoms with Gasteiger partial charge in [-0.1, -0.05) is 12.1 Å². The fourth-order valence-corrected chi connectivity index (χ4v) is 4.44. The Bertz CT molecular complexity index is 919. The molecule has 31 heavy (non-hydrogen) atoms. The number of carbonyl (C=O) groups excluding carboxylic acids is 1. The van der Waals surface area contributed by atoms with Crippen LogP contribution in [0.2, 0.25) is 0 Å². The Balaban J connectivity index is 1.96. The van der Waals surface area contributed by atoms with Gasteiger partial charge in [-0.25, -0.2) is 9.18 Å². The SMILES string of the molecule is COc1cc2c(cc1OC)[C@@H]([C@@H](C)NC(=O)NC(C)C)[NH+](Cc1cccc(F)c1)CC2. The Morgan fingerprint density at radius 2 is 1.84 bits per heavy atom. The van der Waals surface area contributed by atoms with E-state index in [9.17, 15) is 9.18 Å². The summed E-state index contributed by atoms with van der Waals surface area (Å²) < 4.78 is 24.8. The summed E-state index contributed by atoms with van der Waals surface area (Å²) in [4.78, 5) is 13.7. The fraction of sp³-hybridized carbons (Fsp3) is 0.458. The molecule has 3 atom stereocenters. The molecule has 0 saturated heterocycles. The molecule has 0 fully saturated rings. The summed E-state index contributed by atoms with van der Waals surface area (Å²) in [6, 6.07) is 10.4. The highest BCUT2D eigenvalue weighted by Crippen LogP contribution is 2.35. The highest BCUT2D eigenvalue weighted by atomic mass is 19.1. The van der Waals surface area contributed by atoms with E-state index in [0.29, 0.717) is 18.0 Å². The quantitative estimate of drug-likeness (QED) is 0.633. The normalized spacial score (nSPS) is 18.8. The van der Waals surface area contributed by atoms with E-state index in [-0.39, 0.29) is 30.0 Å². The third-order valence-electron chi connectivity index (χ3n) is 5.73. The van der Waals surface area contributed by atoms with Crippen molar-refractivity contribution in [2.75, 3.05) is 20.8 Å². The highest BCUT2D eigenvalue weighted by molar-refractivity contribution is 5.74. The molecule has 168 valence electrons. The van der Waals surface area contributed by atoms with Gasteiger partial charge in [-0.05, 0) is 50.6 Å². The summed E-state index contributed by atoms with van der Waals surface area (Å²) in [5.74, 6) is 1.13. The van der Waals surface area contributed by atoms with E-state index in [1.165, 1.54) is 16.5 Å². The van der Waals surface area contributed by atoms with E-state index in [0.717, 1.165) is 24.1 Å². The Hall–Kier alpha value is -2.80. The van der Waals surface area contributed by atoms with Crippen molar-refractivity contribution in [1.29, 1.82) is 0 Å². The lowest BCUT2D eigenvalue weighted by atomic mass is 9.87. The molecule has 2 aromatic rings. The molecule has 0 radical (unpaired) electrons. The molecule has 1 heterocycles. The van der Waals surface area contributed by atoms with E-state index in [2.05, 4.69) is 10.6 Å². The van der Waals surface area contributed by atoms with E-state index in [1.807, 2.05) is 39.0 Å². The first kappa shape index (κ1) is 22.9. The van der Waals surface area contributed by atoms with Gasteiger partial charge in [0.15, 0.2) is 11.5 Å². The summed E-state index contributed by atoms with van der Waals surface area (Å²) in [6.45, 7) is 7.40. The fourth-order valence-electron chi connectivity index (χ4n) is 4.44. The average molecular weight is 431 g/mol. The first-order valence-corrected chi connectivity index (χ1v) is 10.7. The molecular formula is C24H33FN3O3+. The lowest BCUT2D eigenvalue weighted by Gasteiger charge is -2.38. The van der Waals surface area contributed by atoms with E-state index in [1.54, 1.807) is 26.4 Å². The van der Waals surface area contributed by atoms with Gasteiger partial charge < -0.3 is 25.0 Å². The van der Waals surface area contributed by atoms with Crippen LogP contribution in [0.25, 0.3) is 0 Å². The summed E-state index contributed by atoms with van der Waals surface area (Å²) in [7, 11) is 3.25. The molecule has 3 N–H and O–H groups in total. The van der Waals surface area contributed by atoms with Gasteiger partial charge in [-0.3, -0.25) is 0 Å². The third-order valence-corrected chi connectivity index (χ3v) is 5.73. The minimum absolute atomic E-state index is 0.0234. The van der Waals surface area contributed by atoms with Crippen molar-refractivity contribution in [2.45, 2.75) is 51.9 Å². The molecule has 0 saturated carbocycles. The Morgan fingerprint density at radius 3 is 2.48 bits per heavy atom. The van der Waals surface area contributed by atoms with Crippen molar-refractivity contribution in [1.82, 2.24) is 10.6 Å². The van der Waals surface area contributed by atoms with E-state index >= 15 is 0 Å². The molecule has 0 aromatic heterocycles. The average Bonchev–Trinajstić information content (AvgIpc) is 2.71. The number of hydrogen-bond donors (Lipinski definition) is 3.